The summed E-state index contributed by atoms with van der Waals surface area (Å²) >= 11 is 5.80. The van der Waals surface area contributed by atoms with Crippen molar-refractivity contribution >= 4 is 27.5 Å². The van der Waals surface area contributed by atoms with Crippen LogP contribution < -0.4 is 4.74 Å². The molecule has 1 amide bonds. The number of phenols is 1. The molecule has 1 aliphatic rings. The van der Waals surface area contributed by atoms with Crippen molar-refractivity contribution in [3.8, 4) is 11.5 Å². The van der Waals surface area contributed by atoms with Crippen molar-refractivity contribution in [3.63, 3.8) is 0 Å². The summed E-state index contributed by atoms with van der Waals surface area (Å²) in [6.45, 7) is 3.18. The third-order valence-corrected chi connectivity index (χ3v) is 6.64. The molecule has 2 aromatic rings. The predicted molar refractivity (Wildman–Crippen MR) is 105 cm³/mol. The molecule has 0 atom stereocenters. The van der Waals surface area contributed by atoms with Gasteiger partial charge in [-0.2, -0.15) is 4.31 Å². The molecule has 0 saturated carbocycles. The lowest BCUT2D eigenvalue weighted by molar-refractivity contribution is 0.0695. The molecule has 1 N–H and O–H groups in total. The second-order valence-electron chi connectivity index (χ2n) is 6.26. The van der Waals surface area contributed by atoms with Crippen LogP contribution in [0.4, 0.5) is 0 Å². The van der Waals surface area contributed by atoms with Crippen LogP contribution >= 0.6 is 11.6 Å². The molecule has 2 aromatic carbocycles. The summed E-state index contributed by atoms with van der Waals surface area (Å²) in [5, 5.41) is 10.3. The van der Waals surface area contributed by atoms with Gasteiger partial charge in [0.05, 0.1) is 17.1 Å². The van der Waals surface area contributed by atoms with Crippen molar-refractivity contribution < 1.29 is 23.1 Å². The van der Waals surface area contributed by atoms with Gasteiger partial charge in [-0.05, 0) is 49.4 Å². The van der Waals surface area contributed by atoms with Gasteiger partial charge >= 0.3 is 0 Å². The zero-order chi connectivity index (χ0) is 20.3. The summed E-state index contributed by atoms with van der Waals surface area (Å²) in [6.07, 6.45) is 0. The number of phenolic OH excluding ortho intramolecular Hbond substituents is 1. The van der Waals surface area contributed by atoms with E-state index in [1.54, 1.807) is 12.1 Å². The Kier molecular flexibility index (Phi) is 6.12. The number of piperazine rings is 1. The Morgan fingerprint density at radius 1 is 1.11 bits per heavy atom. The van der Waals surface area contributed by atoms with Gasteiger partial charge in [-0.3, -0.25) is 4.79 Å². The molecule has 1 heterocycles. The highest BCUT2D eigenvalue weighted by atomic mass is 35.5. The summed E-state index contributed by atoms with van der Waals surface area (Å²) in [5.74, 6) is 0.0638. The van der Waals surface area contributed by atoms with E-state index in [4.69, 9.17) is 16.3 Å². The first-order valence-corrected chi connectivity index (χ1v) is 10.7. The third kappa shape index (κ3) is 4.24. The predicted octanol–water partition coefficient (Wildman–Crippen LogP) is 2.59. The van der Waals surface area contributed by atoms with Crippen LogP contribution in [0.25, 0.3) is 0 Å². The summed E-state index contributed by atoms with van der Waals surface area (Å²) in [5.41, 5.74) is 0.146. The molecule has 0 aromatic heterocycles. The lowest BCUT2D eigenvalue weighted by atomic mass is 10.1. The second kappa shape index (κ2) is 8.38. The van der Waals surface area contributed by atoms with E-state index in [-0.39, 0.29) is 48.3 Å². The molecule has 0 radical (unpaired) electrons. The van der Waals surface area contributed by atoms with E-state index in [2.05, 4.69) is 0 Å². The van der Waals surface area contributed by atoms with Gasteiger partial charge in [-0.15, -0.1) is 0 Å². The molecule has 0 bridgehead atoms. The largest absolute Gasteiger partial charge is 0.507 e. The molecule has 1 aliphatic heterocycles. The van der Waals surface area contributed by atoms with Crippen molar-refractivity contribution in [1.82, 2.24) is 9.21 Å². The topological polar surface area (TPSA) is 87.2 Å². The minimum atomic E-state index is -3.65. The van der Waals surface area contributed by atoms with Gasteiger partial charge in [-0.1, -0.05) is 11.6 Å². The van der Waals surface area contributed by atoms with Crippen molar-refractivity contribution in [1.29, 1.82) is 0 Å². The highest BCUT2D eigenvalue weighted by molar-refractivity contribution is 7.89. The minimum Gasteiger partial charge on any atom is -0.507 e. The Morgan fingerprint density at radius 2 is 1.75 bits per heavy atom. The Labute approximate surface area is 169 Å². The average molecular weight is 425 g/mol. The fourth-order valence-corrected chi connectivity index (χ4v) is 4.60. The number of benzene rings is 2. The fraction of sp³-hybridized carbons (Fsp3) is 0.316. The van der Waals surface area contributed by atoms with Crippen molar-refractivity contribution in [2.45, 2.75) is 11.8 Å². The number of sulfonamides is 1. The van der Waals surface area contributed by atoms with Crippen LogP contribution in [0.1, 0.15) is 17.3 Å². The summed E-state index contributed by atoms with van der Waals surface area (Å²) in [6, 6.07) is 10.6. The number of carbonyl (C=O) groups excluding carboxylic acids is 1. The van der Waals surface area contributed by atoms with E-state index < -0.39 is 10.0 Å². The number of amides is 1. The maximum absolute atomic E-state index is 12.8. The molecule has 3 rings (SSSR count). The molecule has 28 heavy (non-hydrogen) atoms. The number of rotatable bonds is 5. The molecule has 7 nitrogen and oxygen atoms in total. The Morgan fingerprint density at radius 3 is 2.32 bits per heavy atom. The fourth-order valence-electron chi connectivity index (χ4n) is 3.01. The van der Waals surface area contributed by atoms with Crippen molar-refractivity contribution in [2.75, 3.05) is 32.8 Å². The number of halogens is 1. The Hall–Kier alpha value is -2.29. The van der Waals surface area contributed by atoms with E-state index >= 15 is 0 Å². The number of aromatic hydroxyl groups is 1. The maximum atomic E-state index is 12.8. The molecular formula is C19H21ClN2O5S. The first-order chi connectivity index (χ1) is 13.3. The lowest BCUT2D eigenvalue weighted by Gasteiger charge is -2.34. The number of hydrogen-bond acceptors (Lipinski definition) is 5. The first kappa shape index (κ1) is 20.4. The average Bonchev–Trinajstić information content (AvgIpc) is 2.68. The monoisotopic (exact) mass is 424 g/mol. The van der Waals surface area contributed by atoms with E-state index in [1.807, 2.05) is 6.92 Å². The van der Waals surface area contributed by atoms with Gasteiger partial charge in [-0.25, -0.2) is 8.42 Å². The number of ether oxygens (including phenoxy) is 1. The summed E-state index contributed by atoms with van der Waals surface area (Å²) in [4.78, 5) is 14.3. The highest BCUT2D eigenvalue weighted by Crippen LogP contribution is 2.25. The van der Waals surface area contributed by atoms with Crippen LogP contribution in [0, 0.1) is 0 Å². The van der Waals surface area contributed by atoms with E-state index in [0.717, 1.165) is 0 Å². The van der Waals surface area contributed by atoms with Gasteiger partial charge in [0, 0.05) is 31.2 Å². The number of nitrogens with zero attached hydrogens (tertiary/aromatic N) is 2. The number of carbonyl (C=O) groups is 1. The van der Waals surface area contributed by atoms with Gasteiger partial charge in [0.15, 0.2) is 0 Å². The standard InChI is InChI=1S/C19H21ClN2O5S/c1-2-27-15-4-6-16(7-5-15)28(25,26)22-11-9-21(10-12-22)19(24)17-8-3-14(20)13-18(17)23/h3-8,13,23H,2,9-12H2,1H3. The molecular weight excluding hydrogens is 404 g/mol. The SMILES string of the molecule is CCOc1ccc(S(=O)(=O)N2CCN(C(=O)c3ccc(Cl)cc3O)CC2)cc1. The van der Waals surface area contributed by atoms with Gasteiger partial charge < -0.3 is 14.7 Å². The van der Waals surface area contributed by atoms with Gasteiger partial charge in [0.25, 0.3) is 5.91 Å². The van der Waals surface area contributed by atoms with Crippen LogP contribution in [0.15, 0.2) is 47.4 Å². The molecule has 150 valence electrons. The minimum absolute atomic E-state index is 0.146. The van der Waals surface area contributed by atoms with Crippen LogP contribution in [0.5, 0.6) is 11.5 Å². The summed E-state index contributed by atoms with van der Waals surface area (Å²) in [7, 11) is -3.65. The quantitative estimate of drug-likeness (QED) is 0.797. The van der Waals surface area contributed by atoms with Crippen LogP contribution in [0.2, 0.25) is 5.02 Å². The van der Waals surface area contributed by atoms with Crippen molar-refractivity contribution in [3.05, 3.63) is 53.1 Å². The molecule has 0 unspecified atom stereocenters. The van der Waals surface area contributed by atoms with Gasteiger partial charge in [0.2, 0.25) is 10.0 Å². The van der Waals surface area contributed by atoms with E-state index in [0.29, 0.717) is 17.4 Å². The van der Waals surface area contributed by atoms with E-state index in [9.17, 15) is 18.3 Å². The number of hydrogen-bond donors (Lipinski definition) is 1. The highest BCUT2D eigenvalue weighted by Gasteiger charge is 2.31. The molecule has 0 spiro atoms. The zero-order valence-corrected chi connectivity index (χ0v) is 16.9. The second-order valence-corrected chi connectivity index (χ2v) is 8.64. The third-order valence-electron chi connectivity index (χ3n) is 4.49. The van der Waals surface area contributed by atoms with Crippen LogP contribution in [-0.2, 0) is 10.0 Å². The Balaban J connectivity index is 1.67. The zero-order valence-electron chi connectivity index (χ0n) is 15.3. The van der Waals surface area contributed by atoms with Crippen LogP contribution in [-0.4, -0.2) is 61.4 Å². The van der Waals surface area contributed by atoms with Crippen molar-refractivity contribution in [2.24, 2.45) is 0 Å². The summed E-state index contributed by atoms with van der Waals surface area (Å²) < 4.78 is 32.3. The normalized spacial score (nSPS) is 15.4. The Bertz CT molecular complexity index is 955. The lowest BCUT2D eigenvalue weighted by Crippen LogP contribution is -2.50. The molecule has 1 saturated heterocycles. The molecule has 0 aliphatic carbocycles. The smallest absolute Gasteiger partial charge is 0.257 e. The molecule has 1 fully saturated rings. The van der Waals surface area contributed by atoms with E-state index in [1.165, 1.54) is 39.5 Å². The van der Waals surface area contributed by atoms with Crippen LogP contribution in [0.3, 0.4) is 0 Å². The molecule has 9 heteroatoms. The first-order valence-electron chi connectivity index (χ1n) is 8.83. The van der Waals surface area contributed by atoms with Gasteiger partial charge in [0.1, 0.15) is 11.5 Å². The maximum Gasteiger partial charge on any atom is 0.257 e.